The van der Waals surface area contributed by atoms with E-state index in [-0.39, 0.29) is 12.4 Å². The zero-order valence-electron chi connectivity index (χ0n) is 13.7. The van der Waals surface area contributed by atoms with E-state index in [0.717, 1.165) is 17.1 Å². The zero-order valence-corrected chi connectivity index (χ0v) is 14.5. The van der Waals surface area contributed by atoms with Crippen molar-refractivity contribution in [3.8, 4) is 5.69 Å². The molecule has 0 saturated carbocycles. The van der Waals surface area contributed by atoms with Crippen LogP contribution in [0.3, 0.4) is 0 Å². The lowest BCUT2D eigenvalue weighted by molar-refractivity contribution is 0.0473. The Bertz CT molecular complexity index is 912. The fourth-order valence-corrected chi connectivity index (χ4v) is 2.53. The average molecular weight is 358 g/mol. The summed E-state index contributed by atoms with van der Waals surface area (Å²) in [6.07, 6.45) is 1.64. The molecule has 2 aromatic heterocycles. The van der Waals surface area contributed by atoms with Crippen molar-refractivity contribution >= 4 is 23.4 Å². The van der Waals surface area contributed by atoms with Gasteiger partial charge in [0, 0.05) is 6.20 Å². The van der Waals surface area contributed by atoms with E-state index in [2.05, 4.69) is 10.1 Å². The van der Waals surface area contributed by atoms with E-state index in [1.54, 1.807) is 47.3 Å². The van der Waals surface area contributed by atoms with Gasteiger partial charge in [-0.15, -0.1) is 0 Å². The highest BCUT2D eigenvalue weighted by molar-refractivity contribution is 6.31. The summed E-state index contributed by atoms with van der Waals surface area (Å²) in [5, 5.41) is 4.98. The topological polar surface area (TPSA) is 77.0 Å². The van der Waals surface area contributed by atoms with E-state index >= 15 is 0 Å². The number of nitrogens with zero attached hydrogens (tertiary/aromatic N) is 2. The standard InChI is InChI=1S/C18H16ClN3O3/c1-11-17(19)12(2)22(21-11)14-7-5-13(6-8-14)18(24)25-10-16(23)15-4-3-9-20-15/h3-9,20H,10H2,1-2H3. The summed E-state index contributed by atoms with van der Waals surface area (Å²) in [5.41, 5.74) is 3.11. The number of ketones is 1. The Morgan fingerprint density at radius 2 is 1.92 bits per heavy atom. The second-order valence-electron chi connectivity index (χ2n) is 5.53. The quantitative estimate of drug-likeness (QED) is 0.560. The molecule has 6 nitrogen and oxygen atoms in total. The minimum Gasteiger partial charge on any atom is -0.454 e. The molecule has 0 radical (unpaired) electrons. The maximum atomic E-state index is 12.1. The molecule has 1 aromatic carbocycles. The lowest BCUT2D eigenvalue weighted by Gasteiger charge is -2.07. The molecule has 0 fully saturated rings. The van der Waals surface area contributed by atoms with Gasteiger partial charge >= 0.3 is 5.97 Å². The Kier molecular flexibility index (Phi) is 4.72. The SMILES string of the molecule is Cc1nn(-c2ccc(C(=O)OCC(=O)c3ccc[nH]3)cc2)c(C)c1Cl. The molecular formula is C18H16ClN3O3. The molecule has 0 bridgehead atoms. The van der Waals surface area contributed by atoms with Crippen molar-refractivity contribution in [1.82, 2.24) is 14.8 Å². The minimum absolute atomic E-state index is 0.285. The highest BCUT2D eigenvalue weighted by Gasteiger charge is 2.14. The van der Waals surface area contributed by atoms with Gasteiger partial charge in [0.2, 0.25) is 5.78 Å². The minimum atomic E-state index is -0.558. The molecule has 0 saturated heterocycles. The van der Waals surface area contributed by atoms with Crippen LogP contribution in [-0.4, -0.2) is 33.1 Å². The Morgan fingerprint density at radius 1 is 1.20 bits per heavy atom. The molecule has 0 aliphatic carbocycles. The van der Waals surface area contributed by atoms with Gasteiger partial charge in [-0.05, 0) is 50.2 Å². The van der Waals surface area contributed by atoms with E-state index in [1.165, 1.54) is 0 Å². The first-order chi connectivity index (χ1) is 12.0. The van der Waals surface area contributed by atoms with E-state index in [0.29, 0.717) is 16.3 Å². The number of aromatic nitrogens is 3. The van der Waals surface area contributed by atoms with Crippen molar-refractivity contribution in [2.75, 3.05) is 6.61 Å². The number of halogens is 1. The molecule has 0 aliphatic rings. The van der Waals surface area contributed by atoms with Gasteiger partial charge in [0.25, 0.3) is 0 Å². The van der Waals surface area contributed by atoms with Gasteiger partial charge in [0.1, 0.15) is 0 Å². The molecule has 0 amide bonds. The van der Waals surface area contributed by atoms with Gasteiger partial charge in [0.15, 0.2) is 6.61 Å². The van der Waals surface area contributed by atoms with Gasteiger partial charge in [-0.3, -0.25) is 4.79 Å². The predicted octanol–water partition coefficient (Wildman–Crippen LogP) is 3.51. The van der Waals surface area contributed by atoms with Crippen molar-refractivity contribution in [3.05, 3.63) is 70.3 Å². The molecule has 2 heterocycles. The van der Waals surface area contributed by atoms with Gasteiger partial charge in [-0.1, -0.05) is 11.6 Å². The predicted molar refractivity (Wildman–Crippen MR) is 93.5 cm³/mol. The Balaban J connectivity index is 1.68. The van der Waals surface area contributed by atoms with Crippen LogP contribution < -0.4 is 0 Å². The first-order valence-electron chi connectivity index (χ1n) is 7.63. The van der Waals surface area contributed by atoms with Crippen LogP contribution in [0.2, 0.25) is 5.02 Å². The molecule has 0 spiro atoms. The molecule has 0 atom stereocenters. The van der Waals surface area contributed by atoms with Crippen molar-refractivity contribution in [2.45, 2.75) is 13.8 Å². The number of aryl methyl sites for hydroxylation is 1. The molecule has 3 rings (SSSR count). The number of esters is 1. The number of H-pyrrole nitrogens is 1. The number of rotatable bonds is 5. The van der Waals surface area contributed by atoms with Crippen LogP contribution in [0.5, 0.6) is 0 Å². The summed E-state index contributed by atoms with van der Waals surface area (Å²) in [5.74, 6) is -0.842. The van der Waals surface area contributed by atoms with E-state index in [9.17, 15) is 9.59 Å². The summed E-state index contributed by atoms with van der Waals surface area (Å²) in [4.78, 5) is 26.7. The van der Waals surface area contributed by atoms with Crippen LogP contribution in [0.25, 0.3) is 5.69 Å². The molecule has 7 heteroatoms. The maximum Gasteiger partial charge on any atom is 0.338 e. The highest BCUT2D eigenvalue weighted by atomic mass is 35.5. The number of benzene rings is 1. The summed E-state index contributed by atoms with van der Waals surface area (Å²) >= 11 is 6.15. The van der Waals surface area contributed by atoms with Crippen molar-refractivity contribution in [1.29, 1.82) is 0 Å². The third-order valence-corrected chi connectivity index (χ3v) is 4.33. The molecule has 25 heavy (non-hydrogen) atoms. The lowest BCUT2D eigenvalue weighted by atomic mass is 10.2. The smallest absolute Gasteiger partial charge is 0.338 e. The van der Waals surface area contributed by atoms with Crippen molar-refractivity contribution in [3.63, 3.8) is 0 Å². The first-order valence-corrected chi connectivity index (χ1v) is 8.01. The average Bonchev–Trinajstić information content (AvgIpc) is 3.24. The summed E-state index contributed by atoms with van der Waals surface area (Å²) < 4.78 is 6.76. The van der Waals surface area contributed by atoms with Gasteiger partial charge in [0.05, 0.1) is 33.4 Å². The molecule has 0 aliphatic heterocycles. The Labute approximate surface area is 149 Å². The number of Topliss-reactive ketones (excluding diaryl/α,β-unsaturated/α-hetero) is 1. The Morgan fingerprint density at radius 3 is 2.48 bits per heavy atom. The monoisotopic (exact) mass is 357 g/mol. The van der Waals surface area contributed by atoms with Crippen LogP contribution >= 0.6 is 11.6 Å². The van der Waals surface area contributed by atoms with Gasteiger partial charge < -0.3 is 9.72 Å². The van der Waals surface area contributed by atoms with Crippen molar-refractivity contribution in [2.24, 2.45) is 0 Å². The number of carbonyl (C=O) groups is 2. The summed E-state index contributed by atoms with van der Waals surface area (Å²) in [6, 6.07) is 10.1. The number of nitrogens with one attached hydrogen (secondary N) is 1. The van der Waals surface area contributed by atoms with E-state index < -0.39 is 5.97 Å². The summed E-state index contributed by atoms with van der Waals surface area (Å²) in [6.45, 7) is 3.39. The number of hydrogen-bond acceptors (Lipinski definition) is 4. The normalized spacial score (nSPS) is 10.7. The third-order valence-electron chi connectivity index (χ3n) is 3.78. The zero-order chi connectivity index (χ0) is 18.0. The fraction of sp³-hybridized carbons (Fsp3) is 0.167. The molecule has 128 valence electrons. The van der Waals surface area contributed by atoms with Gasteiger partial charge in [-0.2, -0.15) is 5.10 Å². The van der Waals surface area contributed by atoms with Crippen LogP contribution in [0.4, 0.5) is 0 Å². The van der Waals surface area contributed by atoms with Crippen LogP contribution in [0.15, 0.2) is 42.6 Å². The van der Waals surface area contributed by atoms with E-state index in [4.69, 9.17) is 16.3 Å². The van der Waals surface area contributed by atoms with Crippen LogP contribution in [0, 0.1) is 13.8 Å². The van der Waals surface area contributed by atoms with Crippen LogP contribution in [-0.2, 0) is 4.74 Å². The van der Waals surface area contributed by atoms with E-state index in [1.807, 2.05) is 13.8 Å². The number of carbonyl (C=O) groups excluding carboxylic acids is 2. The number of aromatic amines is 1. The van der Waals surface area contributed by atoms with Crippen LogP contribution in [0.1, 0.15) is 32.2 Å². The van der Waals surface area contributed by atoms with Gasteiger partial charge in [-0.25, -0.2) is 9.48 Å². The second kappa shape index (κ2) is 6.94. The maximum absolute atomic E-state index is 12.1. The fourth-order valence-electron chi connectivity index (χ4n) is 2.41. The Hall–Kier alpha value is -2.86. The lowest BCUT2D eigenvalue weighted by Crippen LogP contribution is -2.14. The first kappa shape index (κ1) is 17.0. The molecular weight excluding hydrogens is 342 g/mol. The summed E-state index contributed by atoms with van der Waals surface area (Å²) in [7, 11) is 0. The third kappa shape index (κ3) is 3.49. The molecule has 3 aromatic rings. The number of ether oxygens (including phenoxy) is 1. The molecule has 0 unspecified atom stereocenters. The highest BCUT2D eigenvalue weighted by Crippen LogP contribution is 2.22. The number of hydrogen-bond donors (Lipinski definition) is 1. The van der Waals surface area contributed by atoms with Crippen molar-refractivity contribution < 1.29 is 14.3 Å². The molecule has 1 N–H and O–H groups in total. The second-order valence-corrected chi connectivity index (χ2v) is 5.90. The largest absolute Gasteiger partial charge is 0.454 e.